The summed E-state index contributed by atoms with van der Waals surface area (Å²) in [5, 5.41) is 3.27. The Morgan fingerprint density at radius 3 is 2.94 bits per heavy atom. The Morgan fingerprint density at radius 2 is 2.35 bits per heavy atom. The summed E-state index contributed by atoms with van der Waals surface area (Å²) in [7, 11) is 1.93. The van der Waals surface area contributed by atoms with Gasteiger partial charge in [-0.25, -0.2) is 4.98 Å². The molecule has 1 unspecified atom stereocenters. The van der Waals surface area contributed by atoms with Gasteiger partial charge in [0, 0.05) is 18.9 Å². The molecule has 1 atom stereocenters. The van der Waals surface area contributed by atoms with Gasteiger partial charge in [-0.2, -0.15) is 0 Å². The van der Waals surface area contributed by atoms with Gasteiger partial charge < -0.3 is 14.3 Å². The van der Waals surface area contributed by atoms with E-state index in [9.17, 15) is 0 Å². The second kappa shape index (κ2) is 5.19. The van der Waals surface area contributed by atoms with Gasteiger partial charge >= 0.3 is 0 Å². The van der Waals surface area contributed by atoms with Crippen LogP contribution in [-0.2, 0) is 6.54 Å². The van der Waals surface area contributed by atoms with Crippen LogP contribution in [0.2, 0.25) is 0 Å². The summed E-state index contributed by atoms with van der Waals surface area (Å²) >= 11 is 0. The van der Waals surface area contributed by atoms with Gasteiger partial charge in [-0.15, -0.1) is 0 Å². The Kier molecular flexibility index (Phi) is 3.64. The van der Waals surface area contributed by atoms with Crippen molar-refractivity contribution in [2.24, 2.45) is 0 Å². The van der Waals surface area contributed by atoms with Crippen molar-refractivity contribution in [3.63, 3.8) is 0 Å². The van der Waals surface area contributed by atoms with Crippen molar-refractivity contribution >= 4 is 0 Å². The molecule has 0 bridgehead atoms. The van der Waals surface area contributed by atoms with Gasteiger partial charge in [0.05, 0.1) is 6.26 Å². The number of furan rings is 1. The predicted octanol–water partition coefficient (Wildman–Crippen LogP) is 2.50. The zero-order chi connectivity index (χ0) is 12.3. The summed E-state index contributed by atoms with van der Waals surface area (Å²) in [5.41, 5.74) is 1.15. The first-order valence-corrected chi connectivity index (χ1v) is 6.00. The van der Waals surface area contributed by atoms with E-state index in [1.165, 1.54) is 0 Å². The molecule has 1 N–H and O–H groups in total. The Morgan fingerprint density at radius 1 is 1.53 bits per heavy atom. The number of rotatable bonds is 5. The molecular formula is C13H19N3O. The van der Waals surface area contributed by atoms with Crippen LogP contribution in [0.4, 0.5) is 0 Å². The minimum Gasteiger partial charge on any atom is -0.467 e. The molecule has 2 heterocycles. The lowest BCUT2D eigenvalue weighted by atomic mass is 10.1. The minimum atomic E-state index is 0.0200. The summed E-state index contributed by atoms with van der Waals surface area (Å²) in [6.07, 6.45) is 6.67. The van der Waals surface area contributed by atoms with Gasteiger partial charge in [0.25, 0.3) is 0 Å². The van der Waals surface area contributed by atoms with Crippen LogP contribution < -0.4 is 5.32 Å². The predicted molar refractivity (Wildman–Crippen MR) is 66.9 cm³/mol. The van der Waals surface area contributed by atoms with E-state index in [1.807, 2.05) is 25.5 Å². The number of aryl methyl sites for hydroxylation is 2. The van der Waals surface area contributed by atoms with Crippen molar-refractivity contribution in [1.82, 2.24) is 14.9 Å². The molecule has 0 amide bonds. The molecule has 2 aromatic rings. The standard InChI is InChI=1S/C13H19N3O/c1-4-7-16-8-6-15-13(16)11(14-3)12-10(2)5-9-17-12/h5-6,8-9,11,14H,4,7H2,1-3H3. The van der Waals surface area contributed by atoms with E-state index < -0.39 is 0 Å². The van der Waals surface area contributed by atoms with Crippen molar-refractivity contribution in [1.29, 1.82) is 0 Å². The highest BCUT2D eigenvalue weighted by atomic mass is 16.3. The van der Waals surface area contributed by atoms with Crippen LogP contribution in [0.5, 0.6) is 0 Å². The van der Waals surface area contributed by atoms with Crippen LogP contribution in [0, 0.1) is 6.92 Å². The molecule has 0 aliphatic carbocycles. The number of imidazole rings is 1. The Hall–Kier alpha value is -1.55. The molecule has 0 fully saturated rings. The molecular weight excluding hydrogens is 214 g/mol. The van der Waals surface area contributed by atoms with E-state index in [-0.39, 0.29) is 6.04 Å². The normalized spacial score (nSPS) is 12.9. The van der Waals surface area contributed by atoms with Crippen LogP contribution in [0.1, 0.15) is 36.5 Å². The van der Waals surface area contributed by atoms with Crippen LogP contribution in [0.25, 0.3) is 0 Å². The third-order valence-electron chi connectivity index (χ3n) is 2.92. The van der Waals surface area contributed by atoms with Gasteiger partial charge in [0.1, 0.15) is 17.6 Å². The Bertz CT molecular complexity index is 472. The van der Waals surface area contributed by atoms with Crippen molar-refractivity contribution < 1.29 is 4.42 Å². The van der Waals surface area contributed by atoms with Gasteiger partial charge in [0.15, 0.2) is 0 Å². The van der Waals surface area contributed by atoms with Crippen molar-refractivity contribution in [2.45, 2.75) is 32.9 Å². The van der Waals surface area contributed by atoms with Crippen molar-refractivity contribution in [3.8, 4) is 0 Å². The summed E-state index contributed by atoms with van der Waals surface area (Å²) in [6, 6.07) is 2.00. The average Bonchev–Trinajstić information content (AvgIpc) is 2.92. The molecule has 0 aromatic carbocycles. The number of hydrogen-bond donors (Lipinski definition) is 1. The monoisotopic (exact) mass is 233 g/mol. The van der Waals surface area contributed by atoms with E-state index in [0.717, 1.165) is 30.1 Å². The fraction of sp³-hybridized carbons (Fsp3) is 0.462. The van der Waals surface area contributed by atoms with Crippen molar-refractivity contribution in [2.75, 3.05) is 7.05 Å². The second-order valence-electron chi connectivity index (χ2n) is 4.17. The highest BCUT2D eigenvalue weighted by Gasteiger charge is 2.21. The summed E-state index contributed by atoms with van der Waals surface area (Å²) in [4.78, 5) is 4.44. The van der Waals surface area contributed by atoms with Crippen LogP contribution in [0.3, 0.4) is 0 Å². The molecule has 4 nitrogen and oxygen atoms in total. The topological polar surface area (TPSA) is 43.0 Å². The highest BCUT2D eigenvalue weighted by molar-refractivity contribution is 5.24. The number of aromatic nitrogens is 2. The molecule has 2 rings (SSSR count). The summed E-state index contributed by atoms with van der Waals surface area (Å²) in [6.45, 7) is 5.19. The molecule has 92 valence electrons. The Labute approximate surface area is 102 Å². The zero-order valence-electron chi connectivity index (χ0n) is 10.6. The first-order chi connectivity index (χ1) is 8.27. The molecule has 17 heavy (non-hydrogen) atoms. The first kappa shape index (κ1) is 11.9. The quantitative estimate of drug-likeness (QED) is 0.862. The maximum Gasteiger partial charge on any atom is 0.133 e. The molecule has 0 saturated heterocycles. The zero-order valence-corrected chi connectivity index (χ0v) is 10.6. The van der Waals surface area contributed by atoms with E-state index in [0.29, 0.717) is 0 Å². The third-order valence-corrected chi connectivity index (χ3v) is 2.92. The van der Waals surface area contributed by atoms with Crippen LogP contribution in [-0.4, -0.2) is 16.6 Å². The van der Waals surface area contributed by atoms with Crippen LogP contribution >= 0.6 is 0 Å². The molecule has 0 aliphatic heterocycles. The second-order valence-corrected chi connectivity index (χ2v) is 4.17. The molecule has 0 saturated carbocycles. The number of hydrogen-bond acceptors (Lipinski definition) is 3. The smallest absolute Gasteiger partial charge is 0.133 e. The summed E-state index contributed by atoms with van der Waals surface area (Å²) in [5.74, 6) is 1.95. The largest absolute Gasteiger partial charge is 0.467 e. The third kappa shape index (κ3) is 2.26. The van der Waals surface area contributed by atoms with Gasteiger partial charge in [-0.05, 0) is 32.0 Å². The van der Waals surface area contributed by atoms with Gasteiger partial charge in [0.2, 0.25) is 0 Å². The maximum atomic E-state index is 5.56. The molecule has 2 aromatic heterocycles. The lowest BCUT2D eigenvalue weighted by molar-refractivity contribution is 0.439. The molecule has 0 spiro atoms. The van der Waals surface area contributed by atoms with Gasteiger partial charge in [-0.1, -0.05) is 6.92 Å². The average molecular weight is 233 g/mol. The van der Waals surface area contributed by atoms with E-state index in [4.69, 9.17) is 4.42 Å². The van der Waals surface area contributed by atoms with E-state index in [1.54, 1.807) is 6.26 Å². The van der Waals surface area contributed by atoms with E-state index >= 15 is 0 Å². The lowest BCUT2D eigenvalue weighted by Gasteiger charge is -2.16. The molecule has 0 radical (unpaired) electrons. The number of nitrogens with zero attached hydrogens (tertiary/aromatic N) is 2. The number of nitrogens with one attached hydrogen (secondary N) is 1. The SMILES string of the molecule is CCCn1ccnc1C(NC)c1occc1C. The fourth-order valence-electron chi connectivity index (χ4n) is 2.07. The van der Waals surface area contributed by atoms with E-state index in [2.05, 4.69) is 28.7 Å². The first-order valence-electron chi connectivity index (χ1n) is 6.00. The molecule has 4 heteroatoms. The van der Waals surface area contributed by atoms with Crippen molar-refractivity contribution in [3.05, 3.63) is 41.9 Å². The lowest BCUT2D eigenvalue weighted by Crippen LogP contribution is -2.22. The fourth-order valence-corrected chi connectivity index (χ4v) is 2.07. The summed E-state index contributed by atoms with van der Waals surface area (Å²) < 4.78 is 7.73. The minimum absolute atomic E-state index is 0.0200. The highest BCUT2D eigenvalue weighted by Crippen LogP contribution is 2.24. The Balaban J connectivity index is 2.35. The van der Waals surface area contributed by atoms with Crippen LogP contribution in [0.15, 0.2) is 29.1 Å². The van der Waals surface area contributed by atoms with Gasteiger partial charge in [-0.3, -0.25) is 0 Å². The molecule has 0 aliphatic rings. The maximum absolute atomic E-state index is 5.56.